The summed E-state index contributed by atoms with van der Waals surface area (Å²) in [5.74, 6) is 0.127. The fourth-order valence-corrected chi connectivity index (χ4v) is 2.84. The number of ketones is 1. The molecule has 0 bridgehead atoms. The zero-order chi connectivity index (χ0) is 15.5. The highest BCUT2D eigenvalue weighted by atomic mass is 35.5. The molecule has 0 amide bonds. The van der Waals surface area contributed by atoms with Crippen LogP contribution in [-0.4, -0.2) is 15.6 Å². The van der Waals surface area contributed by atoms with Crippen LogP contribution in [0.25, 0.3) is 0 Å². The van der Waals surface area contributed by atoms with Crippen molar-refractivity contribution >= 4 is 17.4 Å². The summed E-state index contributed by atoms with van der Waals surface area (Å²) in [6.45, 7) is 4.90. The van der Waals surface area contributed by atoms with Crippen LogP contribution >= 0.6 is 11.6 Å². The smallest absolute Gasteiger partial charge is 0.182 e. The summed E-state index contributed by atoms with van der Waals surface area (Å²) < 4.78 is 1.69. The Hall–Kier alpha value is -0.830. The highest BCUT2D eigenvalue weighted by Crippen LogP contribution is 2.19. The van der Waals surface area contributed by atoms with Crippen molar-refractivity contribution in [2.75, 3.05) is 0 Å². The molecule has 0 N–H and O–H groups in total. The molecule has 0 aliphatic heterocycles. The van der Waals surface area contributed by atoms with E-state index in [1.54, 1.807) is 10.9 Å². The van der Waals surface area contributed by atoms with E-state index in [0.29, 0.717) is 23.7 Å². The Morgan fingerprint density at radius 3 is 2.19 bits per heavy atom. The Morgan fingerprint density at radius 1 is 1.05 bits per heavy atom. The van der Waals surface area contributed by atoms with E-state index in [1.165, 1.54) is 44.9 Å². The maximum absolute atomic E-state index is 12.2. The number of carbonyl (C=O) groups excluding carboxylic acids is 1. The minimum absolute atomic E-state index is 0.127. The average molecular weight is 313 g/mol. The third-order valence-electron chi connectivity index (χ3n) is 3.87. The lowest BCUT2D eigenvalue weighted by Crippen LogP contribution is -2.09. The first kappa shape index (κ1) is 18.2. The third-order valence-corrected chi connectivity index (χ3v) is 4.14. The van der Waals surface area contributed by atoms with Crippen LogP contribution < -0.4 is 0 Å². The summed E-state index contributed by atoms with van der Waals surface area (Å²) in [6, 6.07) is 0. The van der Waals surface area contributed by atoms with Gasteiger partial charge in [0, 0.05) is 13.0 Å². The summed E-state index contributed by atoms with van der Waals surface area (Å²) in [6.07, 6.45) is 13.5. The van der Waals surface area contributed by atoms with Gasteiger partial charge >= 0.3 is 0 Å². The van der Waals surface area contributed by atoms with Gasteiger partial charge in [0.1, 0.15) is 5.69 Å². The van der Waals surface area contributed by atoms with Gasteiger partial charge in [-0.25, -0.2) is 0 Å². The van der Waals surface area contributed by atoms with Gasteiger partial charge < -0.3 is 0 Å². The number of hydrogen-bond donors (Lipinski definition) is 0. The van der Waals surface area contributed by atoms with Gasteiger partial charge in [0.25, 0.3) is 0 Å². The number of Topliss-reactive ketones (excluding diaryl/α,β-unsaturated/α-hetero) is 1. The lowest BCUT2D eigenvalue weighted by atomic mass is 10.0. The van der Waals surface area contributed by atoms with Crippen LogP contribution in [0.5, 0.6) is 0 Å². The molecule has 1 aromatic heterocycles. The number of aromatic nitrogens is 2. The predicted octanol–water partition coefficient (Wildman–Crippen LogP) is 5.66. The van der Waals surface area contributed by atoms with Crippen LogP contribution in [0.4, 0.5) is 0 Å². The Balaban J connectivity index is 2.12. The second-order valence-corrected chi connectivity index (χ2v) is 6.07. The maximum atomic E-state index is 12.2. The zero-order valence-corrected chi connectivity index (χ0v) is 14.3. The topological polar surface area (TPSA) is 34.9 Å². The molecule has 0 aliphatic rings. The Bertz CT molecular complexity index is 415. The molecule has 0 atom stereocenters. The predicted molar refractivity (Wildman–Crippen MR) is 89.1 cm³/mol. The van der Waals surface area contributed by atoms with E-state index in [0.717, 1.165) is 12.8 Å². The van der Waals surface area contributed by atoms with Crippen molar-refractivity contribution in [2.24, 2.45) is 0 Å². The van der Waals surface area contributed by atoms with Crippen molar-refractivity contribution in [1.82, 2.24) is 9.78 Å². The van der Waals surface area contributed by atoms with Crippen molar-refractivity contribution in [2.45, 2.75) is 84.6 Å². The monoisotopic (exact) mass is 312 g/mol. The molecular weight excluding hydrogens is 284 g/mol. The summed E-state index contributed by atoms with van der Waals surface area (Å²) >= 11 is 6.04. The SMILES string of the molecule is CCCCCCCCCCCC(=O)c1c(Cl)cnn1CC. The molecular formula is C17H29ClN2O. The third kappa shape index (κ3) is 6.64. The Morgan fingerprint density at radius 2 is 1.62 bits per heavy atom. The van der Waals surface area contributed by atoms with Gasteiger partial charge in [0.15, 0.2) is 5.78 Å². The summed E-state index contributed by atoms with van der Waals surface area (Å²) in [5, 5.41) is 4.60. The quantitative estimate of drug-likeness (QED) is 0.368. The first-order chi connectivity index (χ1) is 10.2. The number of aryl methyl sites for hydroxylation is 1. The fraction of sp³-hybridized carbons (Fsp3) is 0.765. The molecule has 1 rings (SSSR count). The van der Waals surface area contributed by atoms with E-state index < -0.39 is 0 Å². The van der Waals surface area contributed by atoms with Crippen molar-refractivity contribution in [3.8, 4) is 0 Å². The maximum Gasteiger partial charge on any atom is 0.182 e. The standard InChI is InChI=1S/C17H29ClN2O/c1-3-5-6-7-8-9-10-11-12-13-16(21)17-15(18)14-19-20(17)4-2/h14H,3-13H2,1-2H3. The number of unbranched alkanes of at least 4 members (excludes halogenated alkanes) is 8. The molecule has 4 heteroatoms. The molecule has 0 aromatic carbocycles. The van der Waals surface area contributed by atoms with Crippen molar-refractivity contribution < 1.29 is 4.79 Å². The number of hydrogen-bond acceptors (Lipinski definition) is 2. The van der Waals surface area contributed by atoms with Crippen LogP contribution in [0.3, 0.4) is 0 Å². The average Bonchev–Trinajstić information content (AvgIpc) is 2.86. The molecule has 0 saturated carbocycles. The second-order valence-electron chi connectivity index (χ2n) is 5.66. The minimum Gasteiger partial charge on any atom is -0.292 e. The highest BCUT2D eigenvalue weighted by Gasteiger charge is 2.15. The molecule has 0 saturated heterocycles. The van der Waals surface area contributed by atoms with Gasteiger partial charge in [0.05, 0.1) is 11.2 Å². The van der Waals surface area contributed by atoms with E-state index in [-0.39, 0.29) is 5.78 Å². The van der Waals surface area contributed by atoms with E-state index in [4.69, 9.17) is 11.6 Å². The Kier molecular flexibility index (Phi) is 9.40. The van der Waals surface area contributed by atoms with Gasteiger partial charge in [-0.2, -0.15) is 5.10 Å². The van der Waals surface area contributed by atoms with Crippen LogP contribution in [0, 0.1) is 0 Å². The van der Waals surface area contributed by atoms with E-state index in [2.05, 4.69) is 12.0 Å². The molecule has 0 unspecified atom stereocenters. The normalized spacial score (nSPS) is 11.0. The van der Waals surface area contributed by atoms with Crippen LogP contribution in [0.2, 0.25) is 5.02 Å². The zero-order valence-electron chi connectivity index (χ0n) is 13.5. The molecule has 0 spiro atoms. The molecule has 1 aromatic rings. The van der Waals surface area contributed by atoms with Crippen LogP contribution in [0.1, 0.15) is 88.5 Å². The fourth-order valence-electron chi connectivity index (χ4n) is 2.59. The van der Waals surface area contributed by atoms with Crippen LogP contribution in [-0.2, 0) is 6.54 Å². The van der Waals surface area contributed by atoms with Crippen molar-refractivity contribution in [1.29, 1.82) is 0 Å². The first-order valence-electron chi connectivity index (χ1n) is 8.45. The van der Waals surface area contributed by atoms with Gasteiger partial charge in [-0.3, -0.25) is 9.48 Å². The van der Waals surface area contributed by atoms with Gasteiger partial charge in [-0.05, 0) is 13.3 Å². The lowest BCUT2D eigenvalue weighted by molar-refractivity contribution is 0.0969. The van der Waals surface area contributed by atoms with Gasteiger partial charge in [0.2, 0.25) is 0 Å². The number of halogens is 1. The largest absolute Gasteiger partial charge is 0.292 e. The van der Waals surface area contributed by atoms with E-state index in [1.807, 2.05) is 6.92 Å². The van der Waals surface area contributed by atoms with Crippen molar-refractivity contribution in [3.05, 3.63) is 16.9 Å². The summed E-state index contributed by atoms with van der Waals surface area (Å²) in [4.78, 5) is 12.2. The summed E-state index contributed by atoms with van der Waals surface area (Å²) in [5.41, 5.74) is 0.582. The lowest BCUT2D eigenvalue weighted by Gasteiger charge is -2.05. The molecule has 120 valence electrons. The molecule has 0 fully saturated rings. The molecule has 1 heterocycles. The van der Waals surface area contributed by atoms with E-state index in [9.17, 15) is 4.79 Å². The molecule has 0 aliphatic carbocycles. The summed E-state index contributed by atoms with van der Waals surface area (Å²) in [7, 11) is 0. The second kappa shape index (κ2) is 10.8. The molecule has 3 nitrogen and oxygen atoms in total. The minimum atomic E-state index is 0.127. The molecule has 0 radical (unpaired) electrons. The first-order valence-corrected chi connectivity index (χ1v) is 8.83. The number of carbonyl (C=O) groups is 1. The number of rotatable bonds is 12. The molecule has 21 heavy (non-hydrogen) atoms. The van der Waals surface area contributed by atoms with E-state index >= 15 is 0 Å². The highest BCUT2D eigenvalue weighted by molar-refractivity contribution is 6.33. The van der Waals surface area contributed by atoms with Crippen LogP contribution in [0.15, 0.2) is 6.20 Å². The number of nitrogens with zero attached hydrogens (tertiary/aromatic N) is 2. The Labute approximate surface area is 134 Å². The van der Waals surface area contributed by atoms with Gasteiger partial charge in [-0.15, -0.1) is 0 Å². The van der Waals surface area contributed by atoms with Gasteiger partial charge in [-0.1, -0.05) is 69.9 Å². The van der Waals surface area contributed by atoms with Crippen molar-refractivity contribution in [3.63, 3.8) is 0 Å².